The Morgan fingerprint density at radius 1 is 1.37 bits per heavy atom. The van der Waals surface area contributed by atoms with Crippen LogP contribution in [-0.2, 0) is 0 Å². The highest BCUT2D eigenvalue weighted by molar-refractivity contribution is 5.55. The number of benzene rings is 1. The SMILES string of the molecule is NC(c1noc(-c2ccc([N+](=O)[O-])cc2)n1)C1CC1. The van der Waals surface area contributed by atoms with E-state index in [1.165, 1.54) is 12.1 Å². The van der Waals surface area contributed by atoms with E-state index in [0.717, 1.165) is 12.8 Å². The zero-order chi connectivity index (χ0) is 13.4. The number of nitro benzene ring substituents is 1. The molecule has 1 unspecified atom stereocenters. The lowest BCUT2D eigenvalue weighted by atomic mass is 10.2. The molecule has 1 aliphatic rings. The molecular formula is C12H12N4O3. The second kappa shape index (κ2) is 4.43. The largest absolute Gasteiger partial charge is 0.334 e. The normalized spacial score (nSPS) is 16.3. The van der Waals surface area contributed by atoms with Crippen LogP contribution < -0.4 is 5.73 Å². The molecule has 3 rings (SSSR count). The molecular weight excluding hydrogens is 248 g/mol. The van der Waals surface area contributed by atoms with Crippen LogP contribution in [0.15, 0.2) is 28.8 Å². The van der Waals surface area contributed by atoms with Crippen molar-refractivity contribution < 1.29 is 9.45 Å². The highest BCUT2D eigenvalue weighted by Crippen LogP contribution is 2.38. The van der Waals surface area contributed by atoms with Crippen molar-refractivity contribution in [1.29, 1.82) is 0 Å². The van der Waals surface area contributed by atoms with Gasteiger partial charge in [0.05, 0.1) is 11.0 Å². The van der Waals surface area contributed by atoms with Crippen LogP contribution in [0.4, 0.5) is 5.69 Å². The second-order valence-corrected chi connectivity index (χ2v) is 4.62. The molecule has 0 radical (unpaired) electrons. The van der Waals surface area contributed by atoms with Crippen LogP contribution in [0.25, 0.3) is 11.5 Å². The summed E-state index contributed by atoms with van der Waals surface area (Å²) in [6.07, 6.45) is 2.20. The third-order valence-electron chi connectivity index (χ3n) is 3.19. The summed E-state index contributed by atoms with van der Waals surface area (Å²) in [4.78, 5) is 14.4. The van der Waals surface area contributed by atoms with Crippen LogP contribution in [0.5, 0.6) is 0 Å². The molecule has 1 aromatic heterocycles. The molecule has 1 fully saturated rings. The van der Waals surface area contributed by atoms with E-state index in [1.54, 1.807) is 12.1 Å². The van der Waals surface area contributed by atoms with Crippen LogP contribution >= 0.6 is 0 Å². The summed E-state index contributed by atoms with van der Waals surface area (Å²) in [5, 5.41) is 14.4. The van der Waals surface area contributed by atoms with Crippen molar-refractivity contribution in [2.75, 3.05) is 0 Å². The maximum absolute atomic E-state index is 10.6. The van der Waals surface area contributed by atoms with Gasteiger partial charge in [0, 0.05) is 17.7 Å². The third kappa shape index (κ3) is 2.32. The van der Waals surface area contributed by atoms with Gasteiger partial charge in [-0.15, -0.1) is 0 Å². The molecule has 0 aliphatic heterocycles. The van der Waals surface area contributed by atoms with Crippen LogP contribution in [-0.4, -0.2) is 15.1 Å². The highest BCUT2D eigenvalue weighted by atomic mass is 16.6. The Labute approximate surface area is 108 Å². The smallest absolute Gasteiger partial charge is 0.269 e. The molecule has 0 saturated heterocycles. The number of hydrogen-bond acceptors (Lipinski definition) is 6. The molecule has 2 N–H and O–H groups in total. The van der Waals surface area contributed by atoms with E-state index in [1.807, 2.05) is 0 Å². The average molecular weight is 260 g/mol. The summed E-state index contributed by atoms with van der Waals surface area (Å²) in [6, 6.07) is 5.78. The van der Waals surface area contributed by atoms with Crippen LogP contribution in [0.2, 0.25) is 0 Å². The molecule has 0 spiro atoms. The molecule has 1 heterocycles. The average Bonchev–Trinajstić information content (AvgIpc) is 3.15. The molecule has 1 saturated carbocycles. The summed E-state index contributed by atoms with van der Waals surface area (Å²) in [5.74, 6) is 1.28. The van der Waals surface area contributed by atoms with Crippen LogP contribution in [0.1, 0.15) is 24.7 Å². The molecule has 19 heavy (non-hydrogen) atoms. The summed E-state index contributed by atoms with van der Waals surface area (Å²) in [6.45, 7) is 0. The number of non-ortho nitro benzene ring substituents is 1. The van der Waals surface area contributed by atoms with Crippen molar-refractivity contribution in [2.24, 2.45) is 11.7 Å². The molecule has 1 atom stereocenters. The number of nitrogens with two attached hydrogens (primary N) is 1. The quantitative estimate of drug-likeness (QED) is 0.665. The monoisotopic (exact) mass is 260 g/mol. The van der Waals surface area contributed by atoms with Gasteiger partial charge in [-0.25, -0.2) is 0 Å². The Morgan fingerprint density at radius 3 is 2.63 bits per heavy atom. The lowest BCUT2D eigenvalue weighted by molar-refractivity contribution is -0.384. The minimum atomic E-state index is -0.452. The maximum atomic E-state index is 10.6. The lowest BCUT2D eigenvalue weighted by Gasteiger charge is -2.01. The molecule has 2 aromatic rings. The fourth-order valence-electron chi connectivity index (χ4n) is 1.88. The fraction of sp³-hybridized carbons (Fsp3) is 0.333. The molecule has 0 amide bonds. The maximum Gasteiger partial charge on any atom is 0.269 e. The van der Waals surface area contributed by atoms with Gasteiger partial charge >= 0.3 is 0 Å². The van der Waals surface area contributed by atoms with Crippen LogP contribution in [0, 0.1) is 16.0 Å². The van der Waals surface area contributed by atoms with Gasteiger partial charge in [0.25, 0.3) is 11.6 Å². The van der Waals surface area contributed by atoms with E-state index in [0.29, 0.717) is 23.2 Å². The van der Waals surface area contributed by atoms with Gasteiger partial charge in [-0.05, 0) is 30.9 Å². The molecule has 7 nitrogen and oxygen atoms in total. The van der Waals surface area contributed by atoms with E-state index in [4.69, 9.17) is 10.3 Å². The van der Waals surface area contributed by atoms with Gasteiger partial charge in [0.1, 0.15) is 0 Å². The second-order valence-electron chi connectivity index (χ2n) is 4.62. The van der Waals surface area contributed by atoms with Crippen molar-refractivity contribution in [3.05, 3.63) is 40.2 Å². The van der Waals surface area contributed by atoms with E-state index >= 15 is 0 Å². The van der Waals surface area contributed by atoms with Crippen molar-refractivity contribution in [1.82, 2.24) is 10.1 Å². The number of nitro groups is 1. The number of nitrogens with zero attached hydrogens (tertiary/aromatic N) is 3. The summed E-state index contributed by atoms with van der Waals surface area (Å²) < 4.78 is 5.14. The summed E-state index contributed by atoms with van der Waals surface area (Å²) in [5.41, 5.74) is 6.65. The first-order chi connectivity index (χ1) is 9.15. The minimum absolute atomic E-state index is 0.0261. The summed E-state index contributed by atoms with van der Waals surface area (Å²) in [7, 11) is 0. The Bertz CT molecular complexity index is 604. The van der Waals surface area contributed by atoms with Gasteiger partial charge in [-0.3, -0.25) is 10.1 Å². The van der Waals surface area contributed by atoms with Crippen molar-refractivity contribution in [3.8, 4) is 11.5 Å². The van der Waals surface area contributed by atoms with E-state index in [9.17, 15) is 10.1 Å². The Balaban J connectivity index is 1.83. The molecule has 0 bridgehead atoms. The Morgan fingerprint density at radius 2 is 2.05 bits per heavy atom. The van der Waals surface area contributed by atoms with Gasteiger partial charge in [0.15, 0.2) is 5.82 Å². The predicted molar refractivity (Wildman–Crippen MR) is 66.0 cm³/mol. The van der Waals surface area contributed by atoms with Crippen molar-refractivity contribution >= 4 is 5.69 Å². The predicted octanol–water partition coefficient (Wildman–Crippen LogP) is 2.05. The van der Waals surface area contributed by atoms with E-state index < -0.39 is 4.92 Å². The van der Waals surface area contributed by atoms with Crippen molar-refractivity contribution in [2.45, 2.75) is 18.9 Å². The Kier molecular flexibility index (Phi) is 2.75. The molecule has 98 valence electrons. The summed E-state index contributed by atoms with van der Waals surface area (Å²) >= 11 is 0. The minimum Gasteiger partial charge on any atom is -0.334 e. The van der Waals surface area contributed by atoms with Gasteiger partial charge < -0.3 is 10.3 Å². The Hall–Kier alpha value is -2.28. The lowest BCUT2D eigenvalue weighted by Crippen LogP contribution is -2.13. The first-order valence-corrected chi connectivity index (χ1v) is 5.99. The topological polar surface area (TPSA) is 108 Å². The van der Waals surface area contributed by atoms with E-state index in [2.05, 4.69) is 10.1 Å². The third-order valence-corrected chi connectivity index (χ3v) is 3.19. The number of rotatable bonds is 4. The first kappa shape index (κ1) is 11.8. The van der Waals surface area contributed by atoms with Gasteiger partial charge in [-0.2, -0.15) is 4.98 Å². The zero-order valence-corrected chi connectivity index (χ0v) is 10.0. The number of hydrogen-bond donors (Lipinski definition) is 1. The van der Waals surface area contributed by atoms with Crippen molar-refractivity contribution in [3.63, 3.8) is 0 Å². The molecule has 7 heteroatoms. The standard InChI is InChI=1S/C12H12N4O3/c13-10(7-1-2-7)11-14-12(19-15-11)8-3-5-9(6-4-8)16(17)18/h3-7,10H,1-2,13H2. The van der Waals surface area contributed by atoms with E-state index in [-0.39, 0.29) is 11.7 Å². The molecule has 1 aromatic carbocycles. The van der Waals surface area contributed by atoms with Gasteiger partial charge in [0.2, 0.25) is 0 Å². The fourth-order valence-corrected chi connectivity index (χ4v) is 1.88. The number of aromatic nitrogens is 2. The molecule has 1 aliphatic carbocycles. The first-order valence-electron chi connectivity index (χ1n) is 5.99. The highest BCUT2D eigenvalue weighted by Gasteiger charge is 2.32. The van der Waals surface area contributed by atoms with Gasteiger partial charge in [-0.1, -0.05) is 5.16 Å². The zero-order valence-electron chi connectivity index (χ0n) is 10.0. The van der Waals surface area contributed by atoms with Crippen LogP contribution in [0.3, 0.4) is 0 Å².